The van der Waals surface area contributed by atoms with Crippen LogP contribution in [0.25, 0.3) is 0 Å². The van der Waals surface area contributed by atoms with E-state index >= 15 is 0 Å². The van der Waals surface area contributed by atoms with Gasteiger partial charge in [0.1, 0.15) is 0 Å². The Morgan fingerprint density at radius 1 is 0.471 bits per heavy atom. The molecule has 2 fully saturated rings. The van der Waals surface area contributed by atoms with Gasteiger partial charge in [0.15, 0.2) is 0 Å². The van der Waals surface area contributed by atoms with E-state index in [4.69, 9.17) is 0 Å². The molecule has 470 valence electrons. The van der Waals surface area contributed by atoms with Gasteiger partial charge in [-0.2, -0.15) is 20.4 Å². The fourth-order valence-electron chi connectivity index (χ4n) is 7.10. The van der Waals surface area contributed by atoms with E-state index in [1.807, 2.05) is 66.6 Å². The van der Waals surface area contributed by atoms with Crippen molar-refractivity contribution in [3.8, 4) is 0 Å². The SMILES string of the molecule is CC(C)c1cc(C2CC2)[nH]n1.CC(C)c1ccn[nH]1.CC(C)c1ncc(C2CC2)s1.CC(C)c1nccs1.CCc1cc(C(C)C)n[nH]1.CCc1cnc(C(C)C)s1.Cc1cc(C(C)C)n[nH]1.Cc1cnc(C(C)C)s1.Cc1csc(C(C)C)n1. The molecule has 18 heteroatoms. The molecule has 0 atom stereocenters. The highest BCUT2D eigenvalue weighted by atomic mass is 32.1. The standard InChI is InChI=1S/C9H14N2.C9H13NS.C8H14N2.C8H13NS.C7H12N2.2C7H11NS.C6H10N2.C6H9NS/c1-6(2)8-5-9(11-10-8)7-3-4-7;1-6(2)9-10-5-8(11-9)7-3-4-7;1-4-7-5-8(6(2)3)10-9-7;1-4-7-5-9-8(10-7)6(2)3;1-5(2)7-4-6(3)8-9-7;1-5(2)7-8-6(3)4-9-7;1-5(2)7-8-4-6(3)9-7;1-5(2)6-3-4-7-8-6;1-5(2)6-7-3-4-8-6/h5-7H,3-4H2,1-2H3,(H,10,11);5-7H,3-4H2,1-2H3;5-6H,4H2,1-3H3,(H,9,10);5-6H,4H2,1-3H3;4-5H,1-3H3,(H,8,9);2*4-5H,1-3H3;3-5H,1-2H3,(H,7,8);3-5H,1-2H3. The minimum atomic E-state index is 0.537. The van der Waals surface area contributed by atoms with Crippen LogP contribution in [0.4, 0.5) is 0 Å². The van der Waals surface area contributed by atoms with Gasteiger partial charge in [-0.05, 0) is 113 Å². The monoisotopic (exact) mass is 1250 g/mol. The quantitative estimate of drug-likeness (QED) is 0.0874. The molecule has 0 unspecified atom stereocenters. The number of thiazole rings is 5. The fraction of sp³-hybridized carbons (Fsp3) is 0.597. The molecule has 0 aliphatic heterocycles. The molecular weight excluding hydrogens is 1150 g/mol. The number of aromatic amines is 4. The van der Waals surface area contributed by atoms with Crippen LogP contribution in [0, 0.1) is 20.8 Å². The molecule has 11 rings (SSSR count). The van der Waals surface area contributed by atoms with E-state index in [0.29, 0.717) is 53.3 Å². The molecule has 2 aliphatic rings. The van der Waals surface area contributed by atoms with Gasteiger partial charge in [-0.15, -0.1) is 56.7 Å². The Bertz CT molecular complexity index is 2780. The lowest BCUT2D eigenvalue weighted by Gasteiger charge is -1.95. The van der Waals surface area contributed by atoms with E-state index in [-0.39, 0.29) is 0 Å². The van der Waals surface area contributed by atoms with E-state index in [1.165, 1.54) is 88.1 Å². The van der Waals surface area contributed by atoms with Crippen LogP contribution < -0.4 is 0 Å². The minimum Gasteiger partial charge on any atom is -0.283 e. The van der Waals surface area contributed by atoms with Gasteiger partial charge in [0.2, 0.25) is 0 Å². The summed E-state index contributed by atoms with van der Waals surface area (Å²) in [6, 6.07) is 8.41. The molecular formula is C67H107N13S5. The number of H-pyrrole nitrogens is 4. The van der Waals surface area contributed by atoms with Crippen molar-refractivity contribution in [1.82, 2.24) is 65.7 Å². The van der Waals surface area contributed by atoms with Gasteiger partial charge in [-0.25, -0.2) is 24.9 Å². The summed E-state index contributed by atoms with van der Waals surface area (Å²) in [5, 5.41) is 38.6. The summed E-state index contributed by atoms with van der Waals surface area (Å²) in [4.78, 5) is 25.6. The number of rotatable bonds is 13. The van der Waals surface area contributed by atoms with Crippen molar-refractivity contribution in [2.24, 2.45) is 0 Å². The third-order valence-corrected chi connectivity index (χ3v) is 19.4. The summed E-state index contributed by atoms with van der Waals surface area (Å²) < 4.78 is 0. The van der Waals surface area contributed by atoms with Gasteiger partial charge in [0.05, 0.1) is 42.1 Å². The Hall–Kier alpha value is -5.01. The van der Waals surface area contributed by atoms with Crippen LogP contribution in [0.2, 0.25) is 0 Å². The smallest absolute Gasteiger partial charge is 0.0953 e. The number of hydrogen-bond donors (Lipinski definition) is 4. The van der Waals surface area contributed by atoms with Crippen molar-refractivity contribution in [2.45, 2.75) is 263 Å². The first-order valence-corrected chi connectivity index (χ1v) is 35.2. The lowest BCUT2D eigenvalue weighted by molar-refractivity contribution is 0.808. The maximum absolute atomic E-state index is 4.40. The number of hydrogen-bond acceptors (Lipinski definition) is 14. The number of aryl methyl sites for hydroxylation is 5. The van der Waals surface area contributed by atoms with Crippen LogP contribution in [0.15, 0.2) is 66.0 Å². The van der Waals surface area contributed by atoms with Crippen LogP contribution in [0.3, 0.4) is 0 Å². The molecule has 0 spiro atoms. The Balaban J connectivity index is 0.000000251. The summed E-state index contributed by atoms with van der Waals surface area (Å²) in [6.45, 7) is 49.3. The van der Waals surface area contributed by atoms with Gasteiger partial charge in [-0.3, -0.25) is 20.4 Å². The van der Waals surface area contributed by atoms with E-state index in [9.17, 15) is 0 Å². The maximum Gasteiger partial charge on any atom is 0.0953 e. The first-order chi connectivity index (χ1) is 40.2. The van der Waals surface area contributed by atoms with Gasteiger partial charge in [0.25, 0.3) is 0 Å². The zero-order chi connectivity index (χ0) is 63.3. The number of nitrogens with one attached hydrogen (secondary N) is 4. The maximum atomic E-state index is 4.40. The van der Waals surface area contributed by atoms with Crippen LogP contribution in [0.5, 0.6) is 0 Å². The molecule has 9 aromatic rings. The lowest BCUT2D eigenvalue weighted by atomic mass is 10.1. The highest BCUT2D eigenvalue weighted by Crippen LogP contribution is 2.43. The summed E-state index contributed by atoms with van der Waals surface area (Å²) >= 11 is 8.98. The van der Waals surface area contributed by atoms with Crippen LogP contribution >= 0.6 is 56.7 Å². The van der Waals surface area contributed by atoms with Gasteiger partial charge in [-0.1, -0.05) is 138 Å². The normalized spacial score (nSPS) is 12.5. The summed E-state index contributed by atoms with van der Waals surface area (Å²) in [5.74, 6) is 6.83. The lowest BCUT2D eigenvalue weighted by Crippen LogP contribution is -1.85. The van der Waals surface area contributed by atoms with Crippen molar-refractivity contribution in [3.05, 3.63) is 151 Å². The van der Waals surface area contributed by atoms with Crippen LogP contribution in [-0.2, 0) is 12.8 Å². The first kappa shape index (κ1) is 74.2. The first-order valence-electron chi connectivity index (χ1n) is 31.0. The number of aromatic nitrogens is 13. The molecule has 0 radical (unpaired) electrons. The third kappa shape index (κ3) is 29.5. The van der Waals surface area contributed by atoms with Crippen molar-refractivity contribution in [1.29, 1.82) is 0 Å². The van der Waals surface area contributed by atoms with Crippen LogP contribution in [0.1, 0.15) is 314 Å². The van der Waals surface area contributed by atoms with Crippen molar-refractivity contribution in [2.75, 3.05) is 0 Å². The predicted octanol–water partition coefficient (Wildman–Crippen LogP) is 21.3. The molecule has 0 saturated heterocycles. The summed E-state index contributed by atoms with van der Waals surface area (Å²) in [5.41, 5.74) is 9.56. The highest BCUT2D eigenvalue weighted by molar-refractivity contribution is 7.12. The summed E-state index contributed by atoms with van der Waals surface area (Å²) in [7, 11) is 0. The molecule has 2 aliphatic carbocycles. The molecule has 85 heavy (non-hydrogen) atoms. The zero-order valence-electron chi connectivity index (χ0n) is 56.0. The van der Waals surface area contributed by atoms with E-state index < -0.39 is 0 Å². The average molecular weight is 1260 g/mol. The van der Waals surface area contributed by atoms with Crippen molar-refractivity contribution in [3.63, 3.8) is 0 Å². The fourth-order valence-corrected chi connectivity index (χ4v) is 11.3. The molecule has 9 heterocycles. The second kappa shape index (κ2) is 39.0. The average Bonchev–Trinajstić information content (AvgIpc) is 4.41. The molecule has 2 saturated carbocycles. The molecule has 0 amide bonds. The Kier molecular flexibility index (Phi) is 34.1. The van der Waals surface area contributed by atoms with E-state index in [0.717, 1.165) is 47.5 Å². The van der Waals surface area contributed by atoms with Gasteiger partial charge in [0, 0.05) is 120 Å². The van der Waals surface area contributed by atoms with E-state index in [2.05, 4.69) is 241 Å². The van der Waals surface area contributed by atoms with Gasteiger partial charge >= 0.3 is 0 Å². The molecule has 0 aromatic carbocycles. The largest absolute Gasteiger partial charge is 0.283 e. The van der Waals surface area contributed by atoms with E-state index in [1.54, 1.807) is 40.2 Å². The molecule has 13 nitrogen and oxygen atoms in total. The molecule has 9 aromatic heterocycles. The zero-order valence-corrected chi connectivity index (χ0v) is 60.1. The Morgan fingerprint density at radius 3 is 1.31 bits per heavy atom. The van der Waals surface area contributed by atoms with Crippen molar-refractivity contribution >= 4 is 56.7 Å². The number of nitrogens with zero attached hydrogens (tertiary/aromatic N) is 9. The second-order valence-corrected chi connectivity index (χ2v) is 29.8. The molecule has 4 N–H and O–H groups in total. The van der Waals surface area contributed by atoms with Crippen molar-refractivity contribution < 1.29 is 0 Å². The predicted molar refractivity (Wildman–Crippen MR) is 369 cm³/mol. The minimum absolute atomic E-state index is 0.537. The third-order valence-electron chi connectivity index (χ3n) is 12.9. The molecule has 0 bridgehead atoms. The van der Waals surface area contributed by atoms with Crippen LogP contribution in [-0.4, -0.2) is 65.7 Å². The second-order valence-electron chi connectivity index (χ2n) is 24.5. The van der Waals surface area contributed by atoms with Gasteiger partial charge < -0.3 is 0 Å². The topological polar surface area (TPSA) is 179 Å². The highest BCUT2D eigenvalue weighted by Gasteiger charge is 2.26. The summed E-state index contributed by atoms with van der Waals surface area (Å²) in [6.07, 6.45) is 17.2. The Morgan fingerprint density at radius 2 is 1.00 bits per heavy atom. The Labute approximate surface area is 532 Å².